The van der Waals surface area contributed by atoms with Crippen LogP contribution in [-0.4, -0.2) is 92.9 Å². The Morgan fingerprint density at radius 2 is 1.71 bits per heavy atom. The molecule has 31 heavy (non-hydrogen) atoms. The minimum atomic E-state index is -3.12. The molecule has 1 aromatic carbocycles. The fourth-order valence-corrected chi connectivity index (χ4v) is 5.21. The molecule has 2 fully saturated rings. The molecule has 8 nitrogen and oxygen atoms in total. The van der Waals surface area contributed by atoms with Gasteiger partial charge in [0.15, 0.2) is 15.8 Å². The van der Waals surface area contributed by atoms with Gasteiger partial charge in [-0.05, 0) is 32.9 Å². The number of anilines is 1. The predicted octanol–water partition coefficient (Wildman–Crippen LogP) is 1.43. The molecule has 10 heteroatoms. The molecule has 0 radical (unpaired) electrons. The number of guanidine groups is 1. The fraction of sp³-hybridized carbons (Fsp3) is 0.619. The monoisotopic (exact) mass is 563 g/mol. The van der Waals surface area contributed by atoms with Gasteiger partial charge in [-0.1, -0.05) is 18.2 Å². The van der Waals surface area contributed by atoms with Crippen molar-refractivity contribution >= 4 is 51.4 Å². The zero-order valence-electron chi connectivity index (χ0n) is 18.6. The van der Waals surface area contributed by atoms with Crippen LogP contribution in [0.3, 0.4) is 0 Å². The minimum absolute atomic E-state index is 0. The quantitative estimate of drug-likeness (QED) is 0.339. The summed E-state index contributed by atoms with van der Waals surface area (Å²) in [5.74, 6) is 0.707. The molecule has 1 aromatic rings. The van der Waals surface area contributed by atoms with Gasteiger partial charge in [-0.2, -0.15) is 0 Å². The number of piperazine rings is 1. The summed E-state index contributed by atoms with van der Waals surface area (Å²) < 4.78 is 23.7. The van der Waals surface area contributed by atoms with E-state index in [1.807, 2.05) is 34.9 Å². The van der Waals surface area contributed by atoms with Gasteiger partial charge in [0, 0.05) is 51.5 Å². The number of rotatable bonds is 4. The van der Waals surface area contributed by atoms with Crippen LogP contribution in [0.5, 0.6) is 0 Å². The lowest BCUT2D eigenvalue weighted by atomic mass is 10.2. The van der Waals surface area contributed by atoms with Gasteiger partial charge < -0.3 is 20.0 Å². The van der Waals surface area contributed by atoms with Crippen LogP contribution in [0.25, 0.3) is 0 Å². The Labute approximate surface area is 203 Å². The maximum atomic E-state index is 12.7. The summed E-state index contributed by atoms with van der Waals surface area (Å²) >= 11 is 0. The molecule has 1 amide bonds. The molecule has 0 atom stereocenters. The van der Waals surface area contributed by atoms with Crippen LogP contribution >= 0.6 is 24.0 Å². The third kappa shape index (κ3) is 6.24. The first kappa shape index (κ1) is 25.7. The lowest BCUT2D eigenvalue weighted by molar-refractivity contribution is -0.129. The average molecular weight is 564 g/mol. The van der Waals surface area contributed by atoms with Crippen LogP contribution in [0.4, 0.5) is 5.69 Å². The van der Waals surface area contributed by atoms with E-state index in [2.05, 4.69) is 27.3 Å². The molecule has 1 N–H and O–H groups in total. The van der Waals surface area contributed by atoms with E-state index in [4.69, 9.17) is 0 Å². The van der Waals surface area contributed by atoms with Gasteiger partial charge in [-0.25, -0.2) is 13.4 Å². The van der Waals surface area contributed by atoms with Gasteiger partial charge in [0.2, 0.25) is 5.91 Å². The van der Waals surface area contributed by atoms with Gasteiger partial charge in [-0.3, -0.25) is 4.79 Å². The number of hydrogen-bond donors (Lipinski definition) is 1. The summed E-state index contributed by atoms with van der Waals surface area (Å²) in [6.45, 7) is 9.90. The number of amides is 1. The third-order valence-corrected chi connectivity index (χ3v) is 8.33. The van der Waals surface area contributed by atoms with Crippen molar-refractivity contribution in [2.24, 2.45) is 4.99 Å². The van der Waals surface area contributed by atoms with E-state index in [1.165, 1.54) is 5.69 Å². The average Bonchev–Trinajstić information content (AvgIpc) is 2.74. The predicted molar refractivity (Wildman–Crippen MR) is 136 cm³/mol. The van der Waals surface area contributed by atoms with E-state index in [0.717, 1.165) is 13.1 Å². The third-order valence-electron chi connectivity index (χ3n) is 5.80. The van der Waals surface area contributed by atoms with Gasteiger partial charge in [0.05, 0.1) is 10.5 Å². The first-order valence-corrected chi connectivity index (χ1v) is 12.2. The van der Waals surface area contributed by atoms with Crippen LogP contribution in [0.15, 0.2) is 35.3 Å². The Morgan fingerprint density at radius 3 is 2.29 bits per heavy atom. The van der Waals surface area contributed by atoms with Crippen LogP contribution in [0.2, 0.25) is 0 Å². The molecule has 0 bridgehead atoms. The molecule has 2 heterocycles. The molecular formula is C21H34IN5O3S. The van der Waals surface area contributed by atoms with Crippen molar-refractivity contribution in [3.8, 4) is 0 Å². The summed E-state index contributed by atoms with van der Waals surface area (Å²) in [7, 11) is -3.12. The van der Waals surface area contributed by atoms with Crippen molar-refractivity contribution in [1.82, 2.24) is 15.1 Å². The number of para-hydroxylation sites is 1. The number of benzene rings is 1. The zero-order valence-corrected chi connectivity index (χ0v) is 21.7. The summed E-state index contributed by atoms with van der Waals surface area (Å²) in [5.41, 5.74) is 1.18. The van der Waals surface area contributed by atoms with Gasteiger partial charge in [-0.15, -0.1) is 24.0 Å². The second-order valence-corrected chi connectivity index (χ2v) is 11.1. The van der Waals surface area contributed by atoms with E-state index < -0.39 is 14.6 Å². The van der Waals surface area contributed by atoms with Crippen molar-refractivity contribution < 1.29 is 13.2 Å². The number of aliphatic imine (C=N–C) groups is 1. The summed E-state index contributed by atoms with van der Waals surface area (Å²) in [6.07, 6.45) is 0. The van der Waals surface area contributed by atoms with Crippen molar-refractivity contribution in [2.45, 2.75) is 25.5 Å². The van der Waals surface area contributed by atoms with Crippen LogP contribution in [0.1, 0.15) is 20.8 Å². The Kier molecular flexibility index (Phi) is 8.99. The van der Waals surface area contributed by atoms with E-state index >= 15 is 0 Å². The second-order valence-electron chi connectivity index (χ2n) is 8.37. The number of halogens is 1. The van der Waals surface area contributed by atoms with E-state index in [9.17, 15) is 13.2 Å². The Balaban J connectivity index is 0.00000341. The summed E-state index contributed by atoms with van der Waals surface area (Å²) in [4.78, 5) is 23.3. The first-order valence-electron chi connectivity index (χ1n) is 10.6. The smallest absolute Gasteiger partial charge is 0.244 e. The van der Waals surface area contributed by atoms with Crippen LogP contribution in [-0.2, 0) is 14.6 Å². The van der Waals surface area contributed by atoms with E-state index in [1.54, 1.807) is 13.8 Å². The Morgan fingerprint density at radius 1 is 1.06 bits per heavy atom. The standard InChI is InChI=1S/C21H33N5O3S.HI/c1-4-22-20(26-14-15-30(28,29)21(2,3)17-26)23-16-19(27)25-12-10-24(11-13-25)18-8-6-5-7-9-18;/h5-9H,4,10-17H2,1-3H3,(H,22,23);1H. The first-order chi connectivity index (χ1) is 14.2. The molecule has 2 saturated heterocycles. The zero-order chi connectivity index (χ0) is 21.8. The number of carbonyl (C=O) groups excluding carboxylic acids is 1. The maximum Gasteiger partial charge on any atom is 0.244 e. The highest BCUT2D eigenvalue weighted by Gasteiger charge is 2.41. The Bertz CT molecular complexity index is 868. The normalized spacial score (nSPS) is 20.7. The largest absolute Gasteiger partial charge is 0.368 e. The van der Waals surface area contributed by atoms with Crippen LogP contribution in [0, 0.1) is 0 Å². The summed E-state index contributed by atoms with van der Waals surface area (Å²) in [5, 5.41) is 3.21. The van der Waals surface area contributed by atoms with Crippen molar-refractivity contribution in [1.29, 1.82) is 0 Å². The van der Waals surface area contributed by atoms with Gasteiger partial charge in [0.25, 0.3) is 0 Å². The van der Waals surface area contributed by atoms with E-state index in [-0.39, 0.29) is 42.2 Å². The molecule has 0 aliphatic carbocycles. The molecule has 2 aliphatic heterocycles. The highest BCUT2D eigenvalue weighted by molar-refractivity contribution is 14.0. The molecule has 0 unspecified atom stereocenters. The SMILES string of the molecule is CCNC(=NCC(=O)N1CCN(c2ccccc2)CC1)N1CCS(=O)(=O)C(C)(C)C1.I. The molecular weight excluding hydrogens is 529 g/mol. The molecule has 174 valence electrons. The van der Waals surface area contributed by atoms with Crippen molar-refractivity contribution in [3.63, 3.8) is 0 Å². The number of nitrogens with one attached hydrogen (secondary N) is 1. The van der Waals surface area contributed by atoms with Crippen molar-refractivity contribution in [3.05, 3.63) is 30.3 Å². The topological polar surface area (TPSA) is 85.3 Å². The highest BCUT2D eigenvalue weighted by atomic mass is 127. The van der Waals surface area contributed by atoms with E-state index in [0.29, 0.717) is 38.7 Å². The minimum Gasteiger partial charge on any atom is -0.368 e. The molecule has 0 aromatic heterocycles. The second kappa shape index (κ2) is 10.8. The fourth-order valence-electron chi connectivity index (χ4n) is 3.85. The molecule has 0 spiro atoms. The van der Waals surface area contributed by atoms with Crippen molar-refractivity contribution in [2.75, 3.05) is 63.0 Å². The lowest BCUT2D eigenvalue weighted by Crippen LogP contribution is -2.57. The molecule has 0 saturated carbocycles. The van der Waals surface area contributed by atoms with Gasteiger partial charge in [0.1, 0.15) is 6.54 Å². The number of nitrogens with zero attached hydrogens (tertiary/aromatic N) is 4. The molecule has 2 aliphatic rings. The molecule has 3 rings (SSSR count). The van der Waals surface area contributed by atoms with Gasteiger partial charge >= 0.3 is 0 Å². The summed E-state index contributed by atoms with van der Waals surface area (Å²) in [6, 6.07) is 10.2. The maximum absolute atomic E-state index is 12.7. The number of hydrogen-bond acceptors (Lipinski definition) is 5. The number of carbonyl (C=O) groups is 1. The highest BCUT2D eigenvalue weighted by Crippen LogP contribution is 2.23. The van der Waals surface area contributed by atoms with Crippen LogP contribution < -0.4 is 10.2 Å². The lowest BCUT2D eigenvalue weighted by Gasteiger charge is -2.39. The number of sulfone groups is 1. The Hall–Kier alpha value is -1.56.